The number of fused-ring (bicyclic) bond motifs is 2. The van der Waals surface area contributed by atoms with E-state index < -0.39 is 21.3 Å². The van der Waals surface area contributed by atoms with Crippen molar-refractivity contribution in [3.05, 3.63) is 0 Å². The lowest BCUT2D eigenvalue weighted by Gasteiger charge is -2.37. The van der Waals surface area contributed by atoms with E-state index in [2.05, 4.69) is 19.4 Å². The van der Waals surface area contributed by atoms with E-state index >= 15 is 0 Å². The summed E-state index contributed by atoms with van der Waals surface area (Å²) in [5, 5.41) is 0. The lowest BCUT2D eigenvalue weighted by Crippen LogP contribution is -2.42. The van der Waals surface area contributed by atoms with Crippen LogP contribution in [0.2, 0.25) is 0 Å². The topological polar surface area (TPSA) is 91.3 Å². The largest absolute Gasteiger partial charge is 0.748 e. The zero-order chi connectivity index (χ0) is 19.5. The average Bonchev–Trinajstić information content (AvgIpc) is 2.77. The quantitative estimate of drug-likeness (QED) is 0.490. The maximum absolute atomic E-state index is 11.8. The van der Waals surface area contributed by atoms with Crippen molar-refractivity contribution in [2.24, 2.45) is 16.7 Å². The van der Waals surface area contributed by atoms with Gasteiger partial charge in [-0.05, 0) is 41.5 Å². The first-order valence-corrected chi connectivity index (χ1v) is 12.7. The summed E-state index contributed by atoms with van der Waals surface area (Å²) in [5.41, 5.74) is -1.22. The standard InChI is InChI=1S/C10H16O4S.C8H17OS/c1-9(2)7-3-4-10(9,8(11)5-7)6-15(12,13)14;1-4-5-6-8(9)7-10(2)3/h7H,3-6H2,1-2H3,(H,12,13,14);4-7H2,1-3H3/q;+1/p-1. The maximum Gasteiger partial charge on any atom is 0.181 e. The molecule has 0 aromatic carbocycles. The lowest BCUT2D eigenvalue weighted by atomic mass is 9.70. The number of unbranched alkanes of at least 4 members (excludes halogenated alkanes) is 1. The second-order valence-electron chi connectivity index (χ2n) is 8.14. The molecule has 25 heavy (non-hydrogen) atoms. The van der Waals surface area contributed by atoms with Gasteiger partial charge in [0.2, 0.25) is 0 Å². The van der Waals surface area contributed by atoms with Gasteiger partial charge in [0.25, 0.3) is 0 Å². The van der Waals surface area contributed by atoms with Crippen molar-refractivity contribution < 1.29 is 22.6 Å². The highest BCUT2D eigenvalue weighted by atomic mass is 32.2. The minimum Gasteiger partial charge on any atom is -0.748 e. The summed E-state index contributed by atoms with van der Waals surface area (Å²) in [7, 11) is -4.02. The molecule has 0 aromatic rings. The Morgan fingerprint density at radius 3 is 2.28 bits per heavy atom. The van der Waals surface area contributed by atoms with Crippen LogP contribution in [0.1, 0.15) is 59.3 Å². The number of ketones is 2. The molecule has 2 aliphatic carbocycles. The Labute approximate surface area is 155 Å². The zero-order valence-electron chi connectivity index (χ0n) is 16.1. The molecule has 0 amide bonds. The third-order valence-corrected chi connectivity index (χ3v) is 7.57. The average molecular weight is 393 g/mol. The number of hydrogen-bond donors (Lipinski definition) is 0. The molecule has 2 rings (SSSR count). The fraction of sp³-hybridized carbons (Fsp3) is 0.889. The minimum atomic E-state index is -4.33. The molecule has 0 spiro atoms. The zero-order valence-corrected chi connectivity index (χ0v) is 17.7. The van der Waals surface area contributed by atoms with Crippen LogP contribution in [0.4, 0.5) is 0 Å². The Bertz CT molecular complexity index is 595. The molecule has 2 bridgehead atoms. The van der Waals surface area contributed by atoms with E-state index in [-0.39, 0.29) is 17.1 Å². The Kier molecular flexibility index (Phi) is 7.72. The lowest BCUT2D eigenvalue weighted by molar-refractivity contribution is -0.128. The molecule has 0 aliphatic heterocycles. The fourth-order valence-corrected chi connectivity index (χ4v) is 6.25. The molecule has 146 valence electrons. The number of rotatable bonds is 7. The van der Waals surface area contributed by atoms with Crippen molar-refractivity contribution in [1.82, 2.24) is 0 Å². The molecule has 2 fully saturated rings. The molecule has 0 aromatic heterocycles. The predicted octanol–water partition coefficient (Wildman–Crippen LogP) is 2.55. The van der Waals surface area contributed by atoms with E-state index in [1.165, 1.54) is 0 Å². The fourth-order valence-electron chi connectivity index (χ4n) is 4.18. The van der Waals surface area contributed by atoms with Crippen molar-refractivity contribution in [2.75, 3.05) is 24.0 Å². The molecule has 5 nitrogen and oxygen atoms in total. The first-order valence-electron chi connectivity index (χ1n) is 8.88. The van der Waals surface area contributed by atoms with E-state index in [0.29, 0.717) is 29.5 Å². The maximum atomic E-state index is 11.8. The Balaban J connectivity index is 0.000000275. The Morgan fingerprint density at radius 2 is 1.92 bits per heavy atom. The van der Waals surface area contributed by atoms with Crippen molar-refractivity contribution >= 4 is 32.6 Å². The van der Waals surface area contributed by atoms with Gasteiger partial charge in [0.1, 0.15) is 5.78 Å². The summed E-state index contributed by atoms with van der Waals surface area (Å²) in [4.78, 5) is 22.9. The van der Waals surface area contributed by atoms with Crippen LogP contribution in [0, 0.1) is 16.7 Å². The molecule has 2 aliphatic rings. The molecule has 0 saturated heterocycles. The molecule has 0 radical (unpaired) electrons. The van der Waals surface area contributed by atoms with Crippen LogP contribution in [0.25, 0.3) is 0 Å². The number of hydrogen-bond acceptors (Lipinski definition) is 5. The summed E-state index contributed by atoms with van der Waals surface area (Å²) in [6.07, 6.45) is 9.10. The van der Waals surface area contributed by atoms with Gasteiger partial charge in [0, 0.05) is 18.3 Å². The van der Waals surface area contributed by atoms with Crippen LogP contribution in [0.15, 0.2) is 0 Å². The predicted molar refractivity (Wildman–Crippen MR) is 102 cm³/mol. The van der Waals surface area contributed by atoms with Crippen LogP contribution >= 0.6 is 0 Å². The second kappa shape index (κ2) is 8.53. The molecule has 2 atom stereocenters. The minimum absolute atomic E-state index is 0.0248. The summed E-state index contributed by atoms with van der Waals surface area (Å²) in [6.45, 7) is 5.95. The van der Waals surface area contributed by atoms with E-state index in [1.807, 2.05) is 13.8 Å². The smallest absolute Gasteiger partial charge is 0.181 e. The highest BCUT2D eigenvalue weighted by Crippen LogP contribution is 2.64. The van der Waals surface area contributed by atoms with E-state index in [0.717, 1.165) is 31.4 Å². The number of Topliss-reactive ketones (excluding diaryl/α,β-unsaturated/α-hetero) is 2. The third kappa shape index (κ3) is 5.54. The van der Waals surface area contributed by atoms with Crippen molar-refractivity contribution in [2.45, 2.75) is 59.3 Å². The van der Waals surface area contributed by atoms with Crippen molar-refractivity contribution in [3.63, 3.8) is 0 Å². The monoisotopic (exact) mass is 392 g/mol. The van der Waals surface area contributed by atoms with Gasteiger partial charge in [0.05, 0.1) is 28.4 Å². The van der Waals surface area contributed by atoms with E-state index in [4.69, 9.17) is 0 Å². The first-order chi connectivity index (χ1) is 11.4. The molecule has 2 saturated carbocycles. The van der Waals surface area contributed by atoms with Crippen molar-refractivity contribution in [3.8, 4) is 0 Å². The molecule has 0 heterocycles. The van der Waals surface area contributed by atoms with E-state index in [1.54, 1.807) is 0 Å². The first kappa shape index (κ1) is 22.6. The summed E-state index contributed by atoms with van der Waals surface area (Å²) in [6, 6.07) is 0. The second-order valence-corrected chi connectivity index (χ2v) is 11.8. The van der Waals surface area contributed by atoms with Gasteiger partial charge >= 0.3 is 0 Å². The normalized spacial score (nSPS) is 27.3. The number of carbonyl (C=O) groups excluding carboxylic acids is 2. The molecular formula is C18H32O5S2. The van der Waals surface area contributed by atoms with Gasteiger partial charge in [-0.2, -0.15) is 0 Å². The molecule has 2 unspecified atom stereocenters. The van der Waals surface area contributed by atoms with Gasteiger partial charge < -0.3 is 4.55 Å². The van der Waals surface area contributed by atoms with Crippen LogP contribution in [0.5, 0.6) is 0 Å². The Hall–Kier alpha value is -0.400. The molecule has 0 N–H and O–H groups in total. The summed E-state index contributed by atoms with van der Waals surface area (Å²) >= 11 is 0. The summed E-state index contributed by atoms with van der Waals surface area (Å²) in [5.74, 6) is 0.951. The van der Waals surface area contributed by atoms with Gasteiger partial charge in [-0.15, -0.1) is 0 Å². The third-order valence-electron chi connectivity index (χ3n) is 5.82. The van der Waals surface area contributed by atoms with Crippen LogP contribution in [0.3, 0.4) is 0 Å². The van der Waals surface area contributed by atoms with E-state index in [9.17, 15) is 22.6 Å². The van der Waals surface area contributed by atoms with Crippen LogP contribution in [-0.4, -0.2) is 48.6 Å². The molecule has 7 heteroatoms. The van der Waals surface area contributed by atoms with Crippen molar-refractivity contribution in [1.29, 1.82) is 0 Å². The van der Waals surface area contributed by atoms with Gasteiger partial charge in [-0.1, -0.05) is 27.2 Å². The van der Waals surface area contributed by atoms with Gasteiger partial charge in [-0.25, -0.2) is 8.42 Å². The highest BCUT2D eigenvalue weighted by molar-refractivity contribution is 7.96. The summed E-state index contributed by atoms with van der Waals surface area (Å²) < 4.78 is 32.7. The van der Waals surface area contributed by atoms with Gasteiger partial charge in [0.15, 0.2) is 11.5 Å². The van der Waals surface area contributed by atoms with Crippen LogP contribution in [-0.2, 0) is 30.6 Å². The SMILES string of the molecule is CC1(C)C2CCC1(CS(=O)(=O)[O-])C(=O)C2.CCCCC(=O)C[S+](C)C. The number of carbonyl (C=O) groups is 2. The highest BCUT2D eigenvalue weighted by Gasteiger charge is 2.64. The Morgan fingerprint density at radius 1 is 1.32 bits per heavy atom. The van der Waals surface area contributed by atoms with Crippen LogP contribution < -0.4 is 0 Å². The molecular weight excluding hydrogens is 360 g/mol. The van der Waals surface area contributed by atoms with Gasteiger partial charge in [-0.3, -0.25) is 9.59 Å².